The highest BCUT2D eigenvalue weighted by atomic mass is 79.9. The van der Waals surface area contributed by atoms with Crippen LogP contribution in [0.4, 0.5) is 9.59 Å². The molecule has 256 valence electrons. The van der Waals surface area contributed by atoms with E-state index in [4.69, 9.17) is 44.6 Å². The van der Waals surface area contributed by atoms with Crippen LogP contribution in [0.1, 0.15) is 61.7 Å². The van der Waals surface area contributed by atoms with Crippen molar-refractivity contribution < 1.29 is 44.5 Å². The van der Waals surface area contributed by atoms with Crippen molar-refractivity contribution in [3.63, 3.8) is 0 Å². The number of ether oxygens (including phenoxy) is 3. The Hall–Kier alpha value is -1.94. The number of hydrogen-bond donors (Lipinski definition) is 3. The van der Waals surface area contributed by atoms with Gasteiger partial charge in [-0.05, 0) is 71.9 Å². The van der Waals surface area contributed by atoms with Gasteiger partial charge in [0.1, 0.15) is 34.9 Å². The van der Waals surface area contributed by atoms with Gasteiger partial charge in [-0.1, -0.05) is 55.1 Å². The average Bonchev–Trinajstić information content (AvgIpc) is 3.32. The largest absolute Gasteiger partial charge is 0.484 e. The molecule has 0 aliphatic carbocycles. The standard InChI is InChI=1S/C14H17BrClNO4.C14H15BrClNO3.CH3ClO2S/c1-14(2,3)21-13(19)17-6-10-11(18)8-4-7(15)5-9(16)12(8)20-10;1-14(2,3)20-13(18)17-7-10-5-8-4-9(15)6-11(16)12(8)19-10;1-5(2,3)4/h4-5,10-11,18H,6H2,1-3H3,(H,17,19);4-6H,7H2,1-3H3,(H,17,18);1H3/i11D;5D;. The summed E-state index contributed by atoms with van der Waals surface area (Å²) in [5.41, 5.74) is -0.515. The molecule has 2 unspecified atom stereocenters. The number of halogens is 5. The van der Waals surface area contributed by atoms with Gasteiger partial charge in [0.05, 0.1) is 32.1 Å². The maximum absolute atomic E-state index is 11.7. The first-order valence-electron chi connectivity index (χ1n) is 14.3. The predicted octanol–water partition coefficient (Wildman–Crippen LogP) is 8.48. The van der Waals surface area contributed by atoms with Crippen molar-refractivity contribution in [2.45, 2.75) is 71.5 Å². The Morgan fingerprint density at radius 3 is 2.04 bits per heavy atom. The molecule has 0 radical (unpaired) electrons. The zero-order valence-corrected chi connectivity index (χ0v) is 32.1. The van der Waals surface area contributed by atoms with Crippen LogP contribution in [0.5, 0.6) is 5.75 Å². The van der Waals surface area contributed by atoms with Crippen LogP contribution in [0.3, 0.4) is 0 Å². The highest BCUT2D eigenvalue weighted by molar-refractivity contribution is 9.10. The number of benzene rings is 2. The molecule has 46 heavy (non-hydrogen) atoms. The third-order valence-corrected chi connectivity index (χ3v) is 6.46. The van der Waals surface area contributed by atoms with Gasteiger partial charge in [0, 0.05) is 30.6 Å². The number of aliphatic hydroxyl groups is 1. The Labute approximate surface area is 302 Å². The Bertz CT molecular complexity index is 1760. The van der Waals surface area contributed by atoms with Gasteiger partial charge in [-0.25, -0.2) is 18.0 Å². The number of fused-ring (bicyclic) bond motifs is 2. The molecule has 1 aromatic heterocycles. The summed E-state index contributed by atoms with van der Waals surface area (Å²) in [7, 11) is 1.31. The van der Waals surface area contributed by atoms with Crippen LogP contribution in [0.2, 0.25) is 10.0 Å². The molecular formula is C29H35Br2Cl3N2O9S. The number of furan rings is 1. The van der Waals surface area contributed by atoms with Gasteiger partial charge in [-0.3, -0.25) is 0 Å². The number of nitrogens with one attached hydrogen (secondary N) is 2. The number of carbonyl (C=O) groups excluding carboxylic acids is 2. The second kappa shape index (κ2) is 16.4. The minimum atomic E-state index is -3.19. The predicted molar refractivity (Wildman–Crippen MR) is 185 cm³/mol. The first kappa shape index (κ1) is 36.9. The van der Waals surface area contributed by atoms with Crippen molar-refractivity contribution in [1.29, 1.82) is 0 Å². The summed E-state index contributed by atoms with van der Waals surface area (Å²) in [6, 6.07) is 6.83. The first-order chi connectivity index (χ1) is 21.7. The minimum absolute atomic E-state index is 0.0658. The third-order valence-electron chi connectivity index (χ3n) is 4.98. The van der Waals surface area contributed by atoms with E-state index in [0.717, 1.165) is 10.7 Å². The third kappa shape index (κ3) is 14.4. The second-order valence-corrected chi connectivity index (χ2v) is 17.3. The van der Waals surface area contributed by atoms with E-state index in [9.17, 15) is 23.1 Å². The maximum atomic E-state index is 11.7. The zero-order valence-electron chi connectivity index (χ0n) is 27.8. The topological polar surface area (TPSA) is 153 Å². The van der Waals surface area contributed by atoms with E-state index >= 15 is 0 Å². The first-order valence-corrected chi connectivity index (χ1v) is 18.3. The molecule has 17 heteroatoms. The molecule has 3 N–H and O–H groups in total. The summed E-state index contributed by atoms with van der Waals surface area (Å²) < 4.78 is 57.7. The van der Waals surface area contributed by atoms with Gasteiger partial charge in [-0.15, -0.1) is 0 Å². The number of carbonyl (C=O) groups is 2. The molecule has 11 nitrogen and oxygen atoms in total. The van der Waals surface area contributed by atoms with Gasteiger partial charge < -0.3 is 34.4 Å². The zero-order chi connectivity index (χ0) is 37.0. The monoisotopic (exact) mass is 852 g/mol. The van der Waals surface area contributed by atoms with Gasteiger partial charge in [0.2, 0.25) is 9.05 Å². The summed E-state index contributed by atoms with van der Waals surface area (Å²) in [5, 5.41) is 16.7. The van der Waals surface area contributed by atoms with E-state index in [1.807, 2.05) is 0 Å². The van der Waals surface area contributed by atoms with Gasteiger partial charge in [-0.2, -0.15) is 0 Å². The fourth-order valence-electron chi connectivity index (χ4n) is 3.47. The summed E-state index contributed by atoms with van der Waals surface area (Å²) in [6.45, 7) is 10.5. The number of alkyl carbamates (subject to hydrolysis) is 2. The second-order valence-electron chi connectivity index (χ2n) is 11.6. The van der Waals surface area contributed by atoms with E-state index in [0.29, 0.717) is 26.2 Å². The molecular weight excluding hydrogens is 819 g/mol. The van der Waals surface area contributed by atoms with Crippen molar-refractivity contribution >= 4 is 98.0 Å². The molecule has 3 aromatic rings. The van der Waals surface area contributed by atoms with Crippen molar-refractivity contribution in [3.8, 4) is 5.75 Å². The molecule has 0 saturated heterocycles. The lowest BCUT2D eigenvalue weighted by Crippen LogP contribution is -2.39. The summed E-state index contributed by atoms with van der Waals surface area (Å²) in [4.78, 5) is 23.3. The molecule has 0 fully saturated rings. The van der Waals surface area contributed by atoms with Gasteiger partial charge in [0.25, 0.3) is 0 Å². The summed E-state index contributed by atoms with van der Waals surface area (Å²) in [5.74, 6) is 0.578. The Morgan fingerprint density at radius 2 is 1.50 bits per heavy atom. The van der Waals surface area contributed by atoms with E-state index in [1.54, 1.807) is 65.8 Å². The van der Waals surface area contributed by atoms with E-state index < -0.39 is 44.6 Å². The van der Waals surface area contributed by atoms with Crippen molar-refractivity contribution in [3.05, 3.63) is 60.6 Å². The van der Waals surface area contributed by atoms with Crippen LogP contribution < -0.4 is 15.4 Å². The van der Waals surface area contributed by atoms with E-state index in [-0.39, 0.29) is 35.5 Å². The highest BCUT2D eigenvalue weighted by Gasteiger charge is 2.35. The van der Waals surface area contributed by atoms with Crippen molar-refractivity contribution in [2.24, 2.45) is 0 Å². The highest BCUT2D eigenvalue weighted by Crippen LogP contribution is 2.43. The van der Waals surface area contributed by atoms with Crippen LogP contribution in [0.15, 0.2) is 43.7 Å². The number of hydrogen-bond acceptors (Lipinski definition) is 9. The molecule has 0 bridgehead atoms. The Morgan fingerprint density at radius 1 is 1.00 bits per heavy atom. The van der Waals surface area contributed by atoms with Crippen LogP contribution in [0, 0.1) is 0 Å². The SMILES string of the molecule is CS(=O)(=O)Cl.[2H]C1(O)c2cc(Br)cc(Cl)c2OC1CNC(=O)OC(C)(C)C.[2H]c1c(CNC(=O)OC(C)(C)C)oc2c(Cl)cc(Br)cc12. The molecule has 2 amide bonds. The van der Waals surface area contributed by atoms with Crippen LogP contribution >= 0.6 is 65.7 Å². The molecule has 2 heterocycles. The number of rotatable bonds is 4. The van der Waals surface area contributed by atoms with Crippen molar-refractivity contribution in [1.82, 2.24) is 10.6 Å². The maximum Gasteiger partial charge on any atom is 0.408 e. The summed E-state index contributed by atoms with van der Waals surface area (Å²) in [6.07, 6.45) is -3.28. The molecule has 1 aliphatic rings. The fourth-order valence-corrected chi connectivity index (χ4v) is 5.17. The molecule has 0 saturated carbocycles. The molecule has 2 aromatic carbocycles. The van der Waals surface area contributed by atoms with E-state index in [1.165, 1.54) is 0 Å². The van der Waals surface area contributed by atoms with Crippen LogP contribution in [-0.4, -0.2) is 55.8 Å². The molecule has 0 spiro atoms. The van der Waals surface area contributed by atoms with Crippen LogP contribution in [-0.2, 0) is 25.1 Å². The smallest absolute Gasteiger partial charge is 0.408 e. The van der Waals surface area contributed by atoms with Crippen LogP contribution in [0.25, 0.3) is 11.0 Å². The Balaban J connectivity index is 0.000000293. The lowest BCUT2D eigenvalue weighted by atomic mass is 10.1. The number of amides is 2. The lowest BCUT2D eigenvalue weighted by molar-refractivity contribution is 0.0409. The summed E-state index contributed by atoms with van der Waals surface area (Å²) >= 11 is 18.7. The van der Waals surface area contributed by atoms with Crippen molar-refractivity contribution in [2.75, 3.05) is 12.8 Å². The average molecular weight is 856 g/mol. The molecule has 2 atom stereocenters. The van der Waals surface area contributed by atoms with E-state index in [2.05, 4.69) is 53.2 Å². The Kier molecular flexibility index (Phi) is 13.2. The minimum Gasteiger partial charge on any atom is -0.484 e. The van der Waals surface area contributed by atoms with Gasteiger partial charge >= 0.3 is 12.2 Å². The van der Waals surface area contributed by atoms with Gasteiger partial charge in [0.15, 0.2) is 5.58 Å². The molecule has 4 rings (SSSR count). The normalized spacial score (nSPS) is 18.0. The quantitative estimate of drug-likeness (QED) is 0.220. The molecule has 1 aliphatic heterocycles. The lowest BCUT2D eigenvalue weighted by Gasteiger charge is -2.21. The fraction of sp³-hybridized carbons (Fsp3) is 0.448.